The van der Waals surface area contributed by atoms with Gasteiger partial charge in [-0.1, -0.05) is 17.4 Å². The zero-order valence-electron chi connectivity index (χ0n) is 11.4. The van der Waals surface area contributed by atoms with Gasteiger partial charge in [-0.3, -0.25) is 9.69 Å². The number of thiophene rings is 1. The first-order valence-corrected chi connectivity index (χ1v) is 8.83. The van der Waals surface area contributed by atoms with E-state index in [0.717, 1.165) is 50.5 Å². The van der Waals surface area contributed by atoms with Crippen LogP contribution in [0.15, 0.2) is 17.5 Å². The molecular formula is C13H15ClN4OS2. The summed E-state index contributed by atoms with van der Waals surface area (Å²) in [6.07, 6.45) is 0.976. The van der Waals surface area contributed by atoms with Crippen molar-refractivity contribution < 1.29 is 4.79 Å². The normalized spacial score (nSPS) is 16.9. The topological polar surface area (TPSA) is 49.3 Å². The summed E-state index contributed by atoms with van der Waals surface area (Å²) in [4.78, 5) is 18.0. The molecule has 5 nitrogen and oxygen atoms in total. The minimum atomic E-state index is -0.0580. The second kappa shape index (κ2) is 6.83. The Labute approximate surface area is 136 Å². The van der Waals surface area contributed by atoms with E-state index in [-0.39, 0.29) is 5.91 Å². The van der Waals surface area contributed by atoms with E-state index < -0.39 is 0 Å². The SMILES string of the molecule is O=C(c1nnc(Cl)s1)N1CCCN(Cc2cccs2)CC1. The van der Waals surface area contributed by atoms with Gasteiger partial charge in [0.05, 0.1) is 0 Å². The standard InChI is InChI=1S/C13H15ClN4OS2/c14-13-16-15-11(21-13)12(19)18-5-2-4-17(6-7-18)9-10-3-1-8-20-10/h1,3,8H,2,4-7,9H2. The van der Waals surface area contributed by atoms with Crippen molar-refractivity contribution in [1.29, 1.82) is 0 Å². The van der Waals surface area contributed by atoms with E-state index in [0.29, 0.717) is 9.47 Å². The van der Waals surface area contributed by atoms with Crippen molar-refractivity contribution in [2.24, 2.45) is 0 Å². The van der Waals surface area contributed by atoms with Crippen LogP contribution < -0.4 is 0 Å². The molecule has 1 fully saturated rings. The van der Waals surface area contributed by atoms with Crippen LogP contribution in [0.5, 0.6) is 0 Å². The minimum Gasteiger partial charge on any atom is -0.335 e. The summed E-state index contributed by atoms with van der Waals surface area (Å²) in [7, 11) is 0. The molecule has 2 aromatic heterocycles. The molecule has 1 aliphatic rings. The predicted molar refractivity (Wildman–Crippen MR) is 85.0 cm³/mol. The first-order valence-electron chi connectivity index (χ1n) is 6.75. The van der Waals surface area contributed by atoms with Gasteiger partial charge in [-0.25, -0.2) is 0 Å². The summed E-state index contributed by atoms with van der Waals surface area (Å²) >= 11 is 8.66. The Morgan fingerprint density at radius 2 is 2.19 bits per heavy atom. The molecule has 0 aromatic carbocycles. The molecule has 0 bridgehead atoms. The fraction of sp³-hybridized carbons (Fsp3) is 0.462. The van der Waals surface area contributed by atoms with E-state index in [1.165, 1.54) is 4.88 Å². The van der Waals surface area contributed by atoms with Crippen LogP contribution >= 0.6 is 34.3 Å². The molecule has 0 radical (unpaired) electrons. The lowest BCUT2D eigenvalue weighted by Gasteiger charge is -2.20. The van der Waals surface area contributed by atoms with Crippen molar-refractivity contribution in [3.05, 3.63) is 31.9 Å². The van der Waals surface area contributed by atoms with Crippen LogP contribution in [-0.4, -0.2) is 52.1 Å². The van der Waals surface area contributed by atoms with Gasteiger partial charge in [0.1, 0.15) is 0 Å². The van der Waals surface area contributed by atoms with Gasteiger partial charge in [-0.05, 0) is 29.5 Å². The maximum absolute atomic E-state index is 12.3. The van der Waals surface area contributed by atoms with Gasteiger partial charge in [0, 0.05) is 37.6 Å². The van der Waals surface area contributed by atoms with Gasteiger partial charge < -0.3 is 4.90 Å². The fourth-order valence-corrected chi connectivity index (χ4v) is 3.92. The molecular weight excluding hydrogens is 328 g/mol. The third-order valence-electron chi connectivity index (χ3n) is 3.42. The van der Waals surface area contributed by atoms with E-state index in [1.807, 2.05) is 4.90 Å². The Morgan fingerprint density at radius 3 is 2.90 bits per heavy atom. The lowest BCUT2D eigenvalue weighted by Crippen LogP contribution is -2.35. The van der Waals surface area contributed by atoms with E-state index in [9.17, 15) is 4.79 Å². The van der Waals surface area contributed by atoms with Gasteiger partial charge in [0.2, 0.25) is 9.47 Å². The molecule has 0 atom stereocenters. The maximum Gasteiger partial charge on any atom is 0.284 e. The van der Waals surface area contributed by atoms with Crippen LogP contribution in [0.1, 0.15) is 21.1 Å². The summed E-state index contributed by atoms with van der Waals surface area (Å²) in [6.45, 7) is 4.34. The molecule has 3 heterocycles. The van der Waals surface area contributed by atoms with Crippen molar-refractivity contribution in [3.8, 4) is 0 Å². The highest BCUT2D eigenvalue weighted by Crippen LogP contribution is 2.18. The van der Waals surface area contributed by atoms with E-state index in [2.05, 4.69) is 32.6 Å². The minimum absolute atomic E-state index is 0.0580. The highest BCUT2D eigenvalue weighted by atomic mass is 35.5. The number of aromatic nitrogens is 2. The number of carbonyl (C=O) groups is 1. The van der Waals surface area contributed by atoms with Crippen LogP contribution in [0, 0.1) is 0 Å². The van der Waals surface area contributed by atoms with E-state index in [1.54, 1.807) is 11.3 Å². The second-order valence-electron chi connectivity index (χ2n) is 4.86. The van der Waals surface area contributed by atoms with Gasteiger partial charge in [0.25, 0.3) is 5.91 Å². The molecule has 2 aromatic rings. The average molecular weight is 343 g/mol. The van der Waals surface area contributed by atoms with Crippen molar-refractivity contribution in [3.63, 3.8) is 0 Å². The molecule has 112 valence electrons. The van der Waals surface area contributed by atoms with Crippen molar-refractivity contribution in [2.45, 2.75) is 13.0 Å². The lowest BCUT2D eigenvalue weighted by atomic mass is 10.3. The van der Waals surface area contributed by atoms with Crippen molar-refractivity contribution in [2.75, 3.05) is 26.2 Å². The first-order chi connectivity index (χ1) is 10.2. The highest BCUT2D eigenvalue weighted by molar-refractivity contribution is 7.17. The van der Waals surface area contributed by atoms with Crippen molar-refractivity contribution in [1.82, 2.24) is 20.0 Å². The molecule has 0 N–H and O–H groups in total. The van der Waals surface area contributed by atoms with Crippen LogP contribution in [0.3, 0.4) is 0 Å². The Hall–Kier alpha value is -1.02. The number of halogens is 1. The number of hydrogen-bond donors (Lipinski definition) is 0. The van der Waals surface area contributed by atoms with Crippen LogP contribution in [0.4, 0.5) is 0 Å². The number of hydrogen-bond acceptors (Lipinski definition) is 6. The molecule has 0 saturated carbocycles. The average Bonchev–Trinajstić information content (AvgIpc) is 3.07. The monoisotopic (exact) mass is 342 g/mol. The lowest BCUT2D eigenvalue weighted by molar-refractivity contribution is 0.0760. The number of nitrogens with zero attached hydrogens (tertiary/aromatic N) is 4. The second-order valence-corrected chi connectivity index (χ2v) is 7.45. The zero-order valence-corrected chi connectivity index (χ0v) is 13.8. The smallest absolute Gasteiger partial charge is 0.284 e. The van der Waals surface area contributed by atoms with Gasteiger partial charge in [-0.2, -0.15) is 0 Å². The summed E-state index contributed by atoms with van der Waals surface area (Å²) in [6, 6.07) is 4.23. The largest absolute Gasteiger partial charge is 0.335 e. The highest BCUT2D eigenvalue weighted by Gasteiger charge is 2.23. The molecule has 8 heteroatoms. The van der Waals surface area contributed by atoms with Crippen LogP contribution in [-0.2, 0) is 6.54 Å². The van der Waals surface area contributed by atoms with Gasteiger partial charge in [0.15, 0.2) is 0 Å². The summed E-state index contributed by atoms with van der Waals surface area (Å²) in [5.74, 6) is -0.0580. The Bertz CT molecular complexity index is 601. The Kier molecular flexibility index (Phi) is 4.84. The Balaban J connectivity index is 1.59. The van der Waals surface area contributed by atoms with Crippen LogP contribution in [0.25, 0.3) is 0 Å². The maximum atomic E-state index is 12.3. The van der Waals surface area contributed by atoms with Crippen molar-refractivity contribution >= 4 is 40.2 Å². The Morgan fingerprint density at radius 1 is 1.29 bits per heavy atom. The summed E-state index contributed by atoms with van der Waals surface area (Å²) in [5, 5.41) is 10.0. The van der Waals surface area contributed by atoms with E-state index in [4.69, 9.17) is 11.6 Å². The molecule has 0 spiro atoms. The summed E-state index contributed by atoms with van der Waals surface area (Å²) in [5.41, 5.74) is 0. The van der Waals surface area contributed by atoms with Gasteiger partial charge >= 0.3 is 0 Å². The molecule has 1 aliphatic heterocycles. The zero-order chi connectivity index (χ0) is 14.7. The molecule has 1 amide bonds. The number of carbonyl (C=O) groups excluding carboxylic acids is 1. The number of rotatable bonds is 3. The first kappa shape index (κ1) is 14.9. The van der Waals surface area contributed by atoms with Crippen LogP contribution in [0.2, 0.25) is 4.47 Å². The van der Waals surface area contributed by atoms with E-state index >= 15 is 0 Å². The molecule has 3 rings (SSSR count). The van der Waals surface area contributed by atoms with Gasteiger partial charge in [-0.15, -0.1) is 21.5 Å². The molecule has 21 heavy (non-hydrogen) atoms. The third kappa shape index (κ3) is 3.79. The third-order valence-corrected chi connectivity index (χ3v) is 5.29. The number of amides is 1. The molecule has 0 unspecified atom stereocenters. The quantitative estimate of drug-likeness (QED) is 0.860. The fourth-order valence-electron chi connectivity index (χ4n) is 2.38. The molecule has 1 saturated heterocycles. The summed E-state index contributed by atoms with van der Waals surface area (Å²) < 4.78 is 0.312. The molecule has 0 aliphatic carbocycles. The predicted octanol–water partition coefficient (Wildman–Crippen LogP) is 2.60.